The second-order valence-electron chi connectivity index (χ2n) is 16.6. The number of piperazine rings is 1. The summed E-state index contributed by atoms with van der Waals surface area (Å²) in [5.41, 5.74) is 3.85. The van der Waals surface area contributed by atoms with Gasteiger partial charge in [-0.2, -0.15) is 14.5 Å². The van der Waals surface area contributed by atoms with Crippen LogP contribution in [0.2, 0.25) is 0 Å². The van der Waals surface area contributed by atoms with Gasteiger partial charge < -0.3 is 29.1 Å². The van der Waals surface area contributed by atoms with E-state index in [2.05, 4.69) is 60.7 Å². The number of carbonyl (C=O) groups is 1. The number of rotatable bonds is 19. The summed E-state index contributed by atoms with van der Waals surface area (Å²) in [7, 11) is -2.19. The predicted octanol–water partition coefficient (Wildman–Crippen LogP) is 4.12. The minimum atomic E-state index is -3.79. The summed E-state index contributed by atoms with van der Waals surface area (Å²) in [4.78, 5) is 66.2. The zero-order valence-electron chi connectivity index (χ0n) is 40.3. The number of methoxy groups -OCH3 is 1. The Bertz CT molecular complexity index is 2970. The van der Waals surface area contributed by atoms with Gasteiger partial charge in [-0.1, -0.05) is 41.0 Å². The van der Waals surface area contributed by atoms with Crippen molar-refractivity contribution in [3.05, 3.63) is 62.2 Å². The van der Waals surface area contributed by atoms with Crippen LogP contribution < -0.4 is 20.6 Å². The number of ketones is 1. The van der Waals surface area contributed by atoms with E-state index in [-0.39, 0.29) is 39.5 Å². The number of aromatic amines is 2. The maximum absolute atomic E-state index is 13.4. The summed E-state index contributed by atoms with van der Waals surface area (Å²) in [5.74, 6) is 0.947. The summed E-state index contributed by atoms with van der Waals surface area (Å²) in [6.07, 6.45) is 5.97. The number of likely N-dealkylation sites (N-methyl/N-ethyl adjacent to an activating group) is 2. The van der Waals surface area contributed by atoms with E-state index in [1.54, 1.807) is 24.8 Å². The van der Waals surface area contributed by atoms with Crippen LogP contribution in [-0.2, 0) is 34.1 Å². The van der Waals surface area contributed by atoms with E-state index in [1.807, 2.05) is 18.5 Å². The quantitative estimate of drug-likeness (QED) is 0.0857. The van der Waals surface area contributed by atoms with Gasteiger partial charge in [0.1, 0.15) is 27.6 Å². The van der Waals surface area contributed by atoms with Gasteiger partial charge in [-0.15, -0.1) is 0 Å². The number of unbranched alkanes of at least 4 members (excludes halogenated alkanes) is 1. The van der Waals surface area contributed by atoms with Gasteiger partial charge in [0, 0.05) is 58.1 Å². The van der Waals surface area contributed by atoms with Gasteiger partial charge in [-0.05, 0) is 58.3 Å². The van der Waals surface area contributed by atoms with Crippen LogP contribution in [0.3, 0.4) is 0 Å². The molecule has 0 unspecified atom stereocenters. The van der Waals surface area contributed by atoms with E-state index in [0.717, 1.165) is 50.4 Å². The fourth-order valence-electron chi connectivity index (χ4n) is 8.33. The highest BCUT2D eigenvalue weighted by Gasteiger charge is 2.32. The molecule has 0 radical (unpaired) electrons. The fourth-order valence-corrected chi connectivity index (χ4v) is 9.72. The standard InChI is InChI=1S/C23H33N7O5S.C23H30N6O3/c1-5-18-19-20(27-30(18)12-13-34-4)22(31)26-21(25-19)17-14-16(15-24-23(17)35-7-3)36(32,33)29-10-8-28(6-2)9-11-29;1-5-8-9-32-23-17(10-15(11-24-23)14(4)30)21-25-19-18(6-2)29(16-12-28(7-3)13-16)27-20(19)22(31)26-21/h14-15H,5-13H2,1-4H3,(H,25,26,31);10-11,16H,5-9,12-13H2,1-4H3,(H,25,26,31). The van der Waals surface area contributed by atoms with Crippen LogP contribution in [0.5, 0.6) is 11.8 Å². The van der Waals surface area contributed by atoms with Gasteiger partial charge in [0.25, 0.3) is 11.1 Å². The molecule has 8 rings (SSSR count). The van der Waals surface area contributed by atoms with E-state index in [9.17, 15) is 22.8 Å². The molecule has 8 heterocycles. The van der Waals surface area contributed by atoms with E-state index < -0.39 is 15.6 Å². The first-order chi connectivity index (χ1) is 32.8. The zero-order valence-corrected chi connectivity index (χ0v) is 41.1. The molecule has 2 aliphatic rings. The molecule has 68 heavy (non-hydrogen) atoms. The van der Waals surface area contributed by atoms with Crippen molar-refractivity contribution in [2.45, 2.75) is 91.6 Å². The Morgan fingerprint density at radius 2 is 1.35 bits per heavy atom. The van der Waals surface area contributed by atoms with E-state index in [4.69, 9.17) is 24.2 Å². The van der Waals surface area contributed by atoms with Crippen LogP contribution in [-0.4, -0.2) is 157 Å². The number of H-pyrrole nitrogens is 2. The maximum Gasteiger partial charge on any atom is 0.279 e. The number of carbonyl (C=O) groups excluding carboxylic acids is 1. The first-order valence-corrected chi connectivity index (χ1v) is 25.0. The van der Waals surface area contributed by atoms with Gasteiger partial charge in [-0.3, -0.25) is 28.6 Å². The molecule has 21 nitrogen and oxygen atoms in total. The molecule has 2 saturated heterocycles. The number of ether oxygens (including phenoxy) is 3. The number of likely N-dealkylation sites (tertiary alicyclic amines) is 1. The topological polar surface area (TPSA) is 242 Å². The van der Waals surface area contributed by atoms with Crippen LogP contribution in [0.1, 0.15) is 89.1 Å². The number of Topliss-reactive ketones (excluding diaryl/α,β-unsaturated/α-hetero) is 1. The Hall–Kier alpha value is -5.94. The lowest BCUT2D eigenvalue weighted by atomic mass is 10.1. The van der Waals surface area contributed by atoms with Crippen LogP contribution in [0.25, 0.3) is 44.8 Å². The molecule has 0 bridgehead atoms. The van der Waals surface area contributed by atoms with Crippen molar-refractivity contribution in [3.8, 4) is 34.5 Å². The monoisotopic (exact) mass is 957 g/mol. The molecule has 0 spiro atoms. The van der Waals surface area contributed by atoms with Gasteiger partial charge in [0.15, 0.2) is 16.8 Å². The summed E-state index contributed by atoms with van der Waals surface area (Å²) < 4.78 is 48.7. The summed E-state index contributed by atoms with van der Waals surface area (Å²) >= 11 is 0. The molecule has 0 aliphatic carbocycles. The number of sulfonamides is 1. The van der Waals surface area contributed by atoms with Crippen molar-refractivity contribution >= 4 is 37.9 Å². The van der Waals surface area contributed by atoms with Crippen molar-refractivity contribution in [3.63, 3.8) is 0 Å². The molecule has 0 atom stereocenters. The van der Waals surface area contributed by atoms with Crippen molar-refractivity contribution < 1.29 is 27.4 Å². The minimum absolute atomic E-state index is 0.0279. The number of nitrogens with one attached hydrogen (secondary N) is 2. The molecule has 0 saturated carbocycles. The van der Waals surface area contributed by atoms with E-state index >= 15 is 0 Å². The fraction of sp³-hybridized carbons (Fsp3) is 0.543. The molecule has 22 heteroatoms. The largest absolute Gasteiger partial charge is 0.477 e. The van der Waals surface area contributed by atoms with Gasteiger partial charge >= 0.3 is 0 Å². The average Bonchev–Trinajstić information content (AvgIpc) is 3.89. The third-order valence-electron chi connectivity index (χ3n) is 12.3. The summed E-state index contributed by atoms with van der Waals surface area (Å²) in [5, 5.41) is 9.04. The lowest BCUT2D eigenvalue weighted by molar-refractivity contribution is 0.101. The molecule has 6 aromatic rings. The SMILES string of the molecule is CCCCOc1ncc(C(C)=O)cc1-c1nc2c(CC)n(C3CN(CC)C3)nc2c(=O)[nH]1.CCOc1ncc(S(=O)(=O)N2CCN(CC)CC2)cc1-c1nc2c(CC)n(CCOC)nc2c(=O)[nH]1. The number of pyridine rings is 2. The first kappa shape index (κ1) is 50.0. The van der Waals surface area contributed by atoms with E-state index in [1.165, 1.54) is 29.7 Å². The van der Waals surface area contributed by atoms with Crippen molar-refractivity contribution in [1.82, 2.24) is 63.6 Å². The van der Waals surface area contributed by atoms with Gasteiger partial charge in [0.2, 0.25) is 21.8 Å². The number of aromatic nitrogens is 10. The number of fused-ring (bicyclic) bond motifs is 2. The van der Waals surface area contributed by atoms with Crippen LogP contribution >= 0.6 is 0 Å². The van der Waals surface area contributed by atoms with Crippen molar-refractivity contribution in [2.24, 2.45) is 0 Å². The Labute approximate surface area is 395 Å². The minimum Gasteiger partial charge on any atom is -0.477 e. The number of hydrogen-bond acceptors (Lipinski definition) is 16. The molecular weight excluding hydrogens is 895 g/mol. The zero-order chi connectivity index (χ0) is 48.7. The smallest absolute Gasteiger partial charge is 0.279 e. The number of hydrogen-bond donors (Lipinski definition) is 2. The summed E-state index contributed by atoms with van der Waals surface area (Å²) in [6, 6.07) is 3.41. The van der Waals surface area contributed by atoms with Crippen LogP contribution in [0, 0.1) is 0 Å². The molecule has 0 amide bonds. The molecule has 6 aromatic heterocycles. The third kappa shape index (κ3) is 10.4. The average molecular weight is 958 g/mol. The molecule has 2 N–H and O–H groups in total. The van der Waals surface area contributed by atoms with E-state index in [0.29, 0.717) is 110 Å². The Kier molecular flexibility index (Phi) is 16.2. The molecular formula is C46H63N13O8S. The normalized spacial score (nSPS) is 15.1. The highest BCUT2D eigenvalue weighted by Crippen LogP contribution is 2.32. The summed E-state index contributed by atoms with van der Waals surface area (Å²) in [6.45, 7) is 21.2. The van der Waals surface area contributed by atoms with Gasteiger partial charge in [-0.25, -0.2) is 28.4 Å². The highest BCUT2D eigenvalue weighted by molar-refractivity contribution is 7.89. The Balaban J connectivity index is 0.000000203. The molecule has 2 fully saturated rings. The highest BCUT2D eigenvalue weighted by atomic mass is 32.2. The Morgan fingerprint density at radius 1 is 0.750 bits per heavy atom. The molecule has 366 valence electrons. The number of nitrogens with zero attached hydrogens (tertiary/aromatic N) is 11. The van der Waals surface area contributed by atoms with Crippen molar-refractivity contribution in [2.75, 3.05) is 79.3 Å². The van der Waals surface area contributed by atoms with Crippen LogP contribution in [0.4, 0.5) is 0 Å². The number of aryl methyl sites for hydroxylation is 2. The lowest BCUT2D eigenvalue weighted by Crippen LogP contribution is -2.48. The Morgan fingerprint density at radius 3 is 1.94 bits per heavy atom. The van der Waals surface area contributed by atoms with Gasteiger partial charge in [0.05, 0.1) is 61.1 Å². The van der Waals surface area contributed by atoms with Crippen LogP contribution in [0.15, 0.2) is 39.0 Å². The maximum atomic E-state index is 13.4. The lowest BCUT2D eigenvalue weighted by Gasteiger charge is -2.39. The second kappa shape index (κ2) is 22.0. The predicted molar refractivity (Wildman–Crippen MR) is 257 cm³/mol. The molecule has 2 aliphatic heterocycles. The molecule has 0 aromatic carbocycles. The first-order valence-electron chi connectivity index (χ1n) is 23.5. The second-order valence-corrected chi connectivity index (χ2v) is 18.6. The third-order valence-corrected chi connectivity index (χ3v) is 14.2. The van der Waals surface area contributed by atoms with Crippen molar-refractivity contribution in [1.29, 1.82) is 0 Å².